The van der Waals surface area contributed by atoms with E-state index < -0.39 is 28.9 Å². The molecular weight excluding hydrogens is 336 g/mol. The van der Waals surface area contributed by atoms with Crippen molar-refractivity contribution in [1.29, 1.82) is 0 Å². The molecule has 0 spiro atoms. The van der Waals surface area contributed by atoms with E-state index in [1.807, 2.05) is 0 Å². The van der Waals surface area contributed by atoms with Crippen molar-refractivity contribution >= 4 is 0 Å². The molecule has 1 unspecified atom stereocenters. The molecule has 1 saturated heterocycles. The van der Waals surface area contributed by atoms with Gasteiger partial charge in [-0.25, -0.2) is 0 Å². The van der Waals surface area contributed by atoms with E-state index in [9.17, 15) is 31.4 Å². The Kier molecular flexibility index (Phi) is 5.49. The van der Waals surface area contributed by atoms with Crippen LogP contribution in [0.4, 0.5) is 26.3 Å². The van der Waals surface area contributed by atoms with E-state index >= 15 is 0 Å². The molecule has 136 valence electrons. The Morgan fingerprint density at radius 2 is 1.67 bits per heavy atom. The van der Waals surface area contributed by atoms with Crippen LogP contribution < -0.4 is 5.32 Å². The van der Waals surface area contributed by atoms with E-state index in [2.05, 4.69) is 5.32 Å². The maximum atomic E-state index is 13.2. The summed E-state index contributed by atoms with van der Waals surface area (Å²) in [4.78, 5) is 0. The van der Waals surface area contributed by atoms with Gasteiger partial charge in [0.05, 0.1) is 11.1 Å². The zero-order chi connectivity index (χ0) is 18.0. The lowest BCUT2D eigenvalue weighted by Gasteiger charge is -2.34. The Labute approximate surface area is 135 Å². The molecule has 1 aliphatic rings. The normalized spacial score (nSPS) is 23.1. The number of alkyl halides is 6. The number of hydrogen-bond donors (Lipinski definition) is 2. The quantitative estimate of drug-likeness (QED) is 0.800. The second kappa shape index (κ2) is 6.92. The molecule has 0 aromatic heterocycles. The molecule has 1 aromatic carbocycles. The minimum atomic E-state index is -5.10. The van der Waals surface area contributed by atoms with Gasteiger partial charge in [-0.2, -0.15) is 26.3 Å². The molecule has 8 heteroatoms. The number of hydrogen-bond acceptors (Lipinski definition) is 2. The Morgan fingerprint density at radius 1 is 1.00 bits per heavy atom. The lowest BCUT2D eigenvalue weighted by atomic mass is 9.73. The van der Waals surface area contributed by atoms with Gasteiger partial charge in [0.15, 0.2) is 0 Å². The van der Waals surface area contributed by atoms with Gasteiger partial charge >= 0.3 is 12.4 Å². The summed E-state index contributed by atoms with van der Waals surface area (Å²) in [5, 5.41) is 12.4. The third-order valence-corrected chi connectivity index (χ3v) is 4.56. The Balaban J connectivity index is 2.56. The summed E-state index contributed by atoms with van der Waals surface area (Å²) in [5.74, 6) is 0. The lowest BCUT2D eigenvalue weighted by molar-refractivity contribution is -0.162. The van der Waals surface area contributed by atoms with Gasteiger partial charge in [-0.3, -0.25) is 0 Å². The molecule has 0 saturated carbocycles. The summed E-state index contributed by atoms with van der Waals surface area (Å²) >= 11 is 0. The van der Waals surface area contributed by atoms with Crippen LogP contribution in [0.2, 0.25) is 0 Å². The molecule has 24 heavy (non-hydrogen) atoms. The molecule has 1 heterocycles. The minimum absolute atomic E-state index is 0.186. The fourth-order valence-corrected chi connectivity index (χ4v) is 3.30. The summed E-state index contributed by atoms with van der Waals surface area (Å²) in [5.41, 5.74) is -3.96. The maximum Gasteiger partial charge on any atom is 0.417 e. The van der Waals surface area contributed by atoms with Crippen molar-refractivity contribution in [3.63, 3.8) is 0 Å². The largest absolute Gasteiger partial charge is 0.417 e. The van der Waals surface area contributed by atoms with Crippen molar-refractivity contribution in [3.05, 3.63) is 34.9 Å². The van der Waals surface area contributed by atoms with Gasteiger partial charge in [0.1, 0.15) is 0 Å². The smallest absolute Gasteiger partial charge is 0.396 e. The van der Waals surface area contributed by atoms with Crippen LogP contribution in [-0.2, 0) is 17.8 Å². The van der Waals surface area contributed by atoms with Crippen LogP contribution >= 0.6 is 0 Å². The van der Waals surface area contributed by atoms with Crippen molar-refractivity contribution in [2.24, 2.45) is 0 Å². The molecule has 2 nitrogen and oxygen atoms in total. The molecule has 0 amide bonds. The molecule has 2 N–H and O–H groups in total. The third kappa shape index (κ3) is 4.03. The monoisotopic (exact) mass is 355 g/mol. The highest BCUT2D eigenvalue weighted by molar-refractivity contribution is 5.40. The van der Waals surface area contributed by atoms with Crippen LogP contribution in [0.15, 0.2) is 18.2 Å². The lowest BCUT2D eigenvalue weighted by Crippen LogP contribution is -2.38. The summed E-state index contributed by atoms with van der Waals surface area (Å²) < 4.78 is 78.2. The second-order valence-corrected chi connectivity index (χ2v) is 6.14. The first kappa shape index (κ1) is 19.1. The van der Waals surface area contributed by atoms with Crippen molar-refractivity contribution in [2.75, 3.05) is 19.7 Å². The van der Waals surface area contributed by atoms with Crippen LogP contribution in [0.25, 0.3) is 0 Å². The average Bonchev–Trinajstić information content (AvgIpc) is 2.72. The van der Waals surface area contributed by atoms with Crippen LogP contribution in [-0.4, -0.2) is 24.8 Å². The molecule has 0 bridgehead atoms. The van der Waals surface area contributed by atoms with Gasteiger partial charge in [-0.15, -0.1) is 0 Å². The highest BCUT2D eigenvalue weighted by atomic mass is 19.4. The van der Waals surface area contributed by atoms with Gasteiger partial charge in [0.25, 0.3) is 0 Å². The Morgan fingerprint density at radius 3 is 2.25 bits per heavy atom. The standard InChI is InChI=1S/C16H19F6NO/c17-15(18,19)12-4-3-11(9-13(12)16(20,21)22)14(6-8-24)5-1-2-7-23-10-14/h3-4,9,23-24H,1-2,5-8,10H2. The number of nitrogens with one attached hydrogen (secondary N) is 1. The number of aliphatic hydroxyl groups is 1. The Hall–Kier alpha value is -1.28. The highest BCUT2D eigenvalue weighted by Gasteiger charge is 2.44. The summed E-state index contributed by atoms with van der Waals surface area (Å²) in [6, 6.07) is 2.22. The van der Waals surface area contributed by atoms with Gasteiger partial charge < -0.3 is 10.4 Å². The van der Waals surface area contributed by atoms with Crippen LogP contribution in [0.1, 0.15) is 42.4 Å². The molecule has 0 aliphatic carbocycles. The van der Waals surface area contributed by atoms with Crippen molar-refractivity contribution in [1.82, 2.24) is 5.32 Å². The first-order valence-corrected chi connectivity index (χ1v) is 7.71. The van der Waals surface area contributed by atoms with Gasteiger partial charge in [0.2, 0.25) is 0 Å². The number of benzene rings is 1. The molecule has 1 fully saturated rings. The van der Waals surface area contributed by atoms with Crippen LogP contribution in [0.3, 0.4) is 0 Å². The van der Waals surface area contributed by atoms with Crippen LogP contribution in [0, 0.1) is 0 Å². The van der Waals surface area contributed by atoms with Crippen molar-refractivity contribution in [3.8, 4) is 0 Å². The molecule has 1 aromatic rings. The second-order valence-electron chi connectivity index (χ2n) is 6.14. The van der Waals surface area contributed by atoms with E-state index in [1.165, 1.54) is 0 Å². The minimum Gasteiger partial charge on any atom is -0.396 e. The predicted octanol–water partition coefficient (Wildman–Crippen LogP) is 4.12. The van der Waals surface area contributed by atoms with Gasteiger partial charge in [0, 0.05) is 18.6 Å². The van der Waals surface area contributed by atoms with E-state index in [-0.39, 0.29) is 18.6 Å². The average molecular weight is 355 g/mol. The van der Waals surface area contributed by atoms with E-state index in [0.717, 1.165) is 18.9 Å². The SMILES string of the molecule is OCCC1(c2ccc(C(F)(F)F)c(C(F)(F)F)c2)CCCCNC1. The summed E-state index contributed by atoms with van der Waals surface area (Å²) in [7, 11) is 0. The summed E-state index contributed by atoms with van der Waals surface area (Å²) in [6.45, 7) is 0.778. The molecule has 1 aliphatic heterocycles. The predicted molar refractivity (Wildman–Crippen MR) is 76.5 cm³/mol. The first-order valence-electron chi connectivity index (χ1n) is 7.71. The number of rotatable bonds is 3. The fourth-order valence-electron chi connectivity index (χ4n) is 3.30. The number of halogens is 6. The number of aliphatic hydroxyl groups excluding tert-OH is 1. The molecule has 2 rings (SSSR count). The van der Waals surface area contributed by atoms with Crippen LogP contribution in [0.5, 0.6) is 0 Å². The maximum absolute atomic E-state index is 13.2. The zero-order valence-electron chi connectivity index (χ0n) is 12.9. The topological polar surface area (TPSA) is 32.3 Å². The Bertz CT molecular complexity index is 559. The van der Waals surface area contributed by atoms with Gasteiger partial charge in [-0.05, 0) is 43.5 Å². The van der Waals surface area contributed by atoms with E-state index in [1.54, 1.807) is 0 Å². The van der Waals surface area contributed by atoms with Gasteiger partial charge in [-0.1, -0.05) is 12.5 Å². The van der Waals surface area contributed by atoms with Crippen molar-refractivity contribution in [2.45, 2.75) is 43.5 Å². The third-order valence-electron chi connectivity index (χ3n) is 4.56. The molecule has 1 atom stereocenters. The molecular formula is C16H19F6NO. The first-order chi connectivity index (χ1) is 11.1. The highest BCUT2D eigenvalue weighted by Crippen LogP contribution is 2.43. The fraction of sp³-hybridized carbons (Fsp3) is 0.625. The molecule has 0 radical (unpaired) electrons. The zero-order valence-corrected chi connectivity index (χ0v) is 12.9. The van der Waals surface area contributed by atoms with E-state index in [0.29, 0.717) is 31.6 Å². The van der Waals surface area contributed by atoms with Crippen molar-refractivity contribution < 1.29 is 31.4 Å². The summed E-state index contributed by atoms with van der Waals surface area (Å²) in [6.07, 6.45) is -7.89. The van der Waals surface area contributed by atoms with E-state index in [4.69, 9.17) is 0 Å².